The molecule has 0 bridgehead atoms. The van der Waals surface area contributed by atoms with Crippen LogP contribution in [0.25, 0.3) is 0 Å². The fourth-order valence-corrected chi connectivity index (χ4v) is 1.32. The van der Waals surface area contributed by atoms with Gasteiger partial charge in [0.15, 0.2) is 17.5 Å². The largest absolute Gasteiger partial charge is 0.486 e. The summed E-state index contributed by atoms with van der Waals surface area (Å²) in [7, 11) is 3.46. The van der Waals surface area contributed by atoms with Crippen molar-refractivity contribution in [1.29, 1.82) is 0 Å². The van der Waals surface area contributed by atoms with Crippen LogP contribution >= 0.6 is 0 Å². The molecule has 0 heterocycles. The fourth-order valence-electron chi connectivity index (χ4n) is 1.32. The number of rotatable bonds is 4. The summed E-state index contributed by atoms with van der Waals surface area (Å²) in [6.45, 7) is 2.41. The number of nitrogens with one attached hydrogen (secondary N) is 2. The molecule has 0 fully saturated rings. The third kappa shape index (κ3) is 4.30. The first-order valence-electron chi connectivity index (χ1n) is 5.47. The van der Waals surface area contributed by atoms with Crippen LogP contribution in [0.1, 0.15) is 6.92 Å². The third-order valence-electron chi connectivity index (χ3n) is 2.18. The zero-order valence-corrected chi connectivity index (χ0v) is 10.3. The van der Waals surface area contributed by atoms with E-state index in [-0.39, 0.29) is 17.7 Å². The number of guanidine groups is 1. The van der Waals surface area contributed by atoms with E-state index in [4.69, 9.17) is 4.74 Å². The van der Waals surface area contributed by atoms with Gasteiger partial charge in [0.25, 0.3) is 0 Å². The molecule has 0 saturated heterocycles. The van der Waals surface area contributed by atoms with Crippen molar-refractivity contribution in [1.82, 2.24) is 10.6 Å². The van der Waals surface area contributed by atoms with Gasteiger partial charge in [-0.05, 0) is 19.1 Å². The number of halogens is 1. The summed E-state index contributed by atoms with van der Waals surface area (Å²) in [6, 6.07) is 6.36. The Morgan fingerprint density at radius 1 is 1.47 bits per heavy atom. The van der Waals surface area contributed by atoms with Gasteiger partial charge in [0.2, 0.25) is 0 Å². The van der Waals surface area contributed by atoms with Crippen LogP contribution in [0.2, 0.25) is 0 Å². The van der Waals surface area contributed by atoms with Crippen molar-refractivity contribution in [2.24, 2.45) is 4.99 Å². The van der Waals surface area contributed by atoms with Crippen molar-refractivity contribution in [3.63, 3.8) is 0 Å². The number of para-hydroxylation sites is 1. The standard InChI is InChI=1S/C12H18FN3O/c1-9(8-16-12(14-2)15-3)17-11-7-5-4-6-10(11)13/h4-7,9H,8H2,1-3H3,(H2,14,15,16). The second kappa shape index (κ2) is 6.73. The van der Waals surface area contributed by atoms with Crippen LogP contribution in [0.4, 0.5) is 4.39 Å². The highest BCUT2D eigenvalue weighted by Gasteiger charge is 2.08. The maximum absolute atomic E-state index is 13.3. The Balaban J connectivity index is 2.45. The minimum atomic E-state index is -0.350. The monoisotopic (exact) mass is 239 g/mol. The van der Waals surface area contributed by atoms with Crippen LogP contribution in [-0.2, 0) is 0 Å². The lowest BCUT2D eigenvalue weighted by atomic mass is 10.3. The molecule has 1 unspecified atom stereocenters. The number of ether oxygens (including phenoxy) is 1. The average Bonchev–Trinajstić information content (AvgIpc) is 2.33. The minimum Gasteiger partial charge on any atom is -0.486 e. The van der Waals surface area contributed by atoms with Crippen molar-refractivity contribution in [2.45, 2.75) is 13.0 Å². The van der Waals surface area contributed by atoms with Gasteiger partial charge in [0, 0.05) is 14.1 Å². The maximum Gasteiger partial charge on any atom is 0.190 e. The van der Waals surface area contributed by atoms with Crippen molar-refractivity contribution < 1.29 is 9.13 Å². The Kier molecular flexibility index (Phi) is 5.26. The number of aliphatic imine (C=N–C) groups is 1. The molecular weight excluding hydrogens is 221 g/mol. The van der Waals surface area contributed by atoms with E-state index in [1.165, 1.54) is 6.07 Å². The number of hydrogen-bond donors (Lipinski definition) is 2. The van der Waals surface area contributed by atoms with Gasteiger partial charge in [0.1, 0.15) is 6.10 Å². The first-order valence-corrected chi connectivity index (χ1v) is 5.47. The first-order chi connectivity index (χ1) is 8.17. The van der Waals surface area contributed by atoms with E-state index in [1.807, 2.05) is 6.92 Å². The predicted octanol–water partition coefficient (Wildman–Crippen LogP) is 1.39. The van der Waals surface area contributed by atoms with E-state index in [2.05, 4.69) is 15.6 Å². The van der Waals surface area contributed by atoms with Crippen LogP contribution < -0.4 is 15.4 Å². The summed E-state index contributed by atoms with van der Waals surface area (Å²) >= 11 is 0. The summed E-state index contributed by atoms with van der Waals surface area (Å²) in [4.78, 5) is 3.97. The maximum atomic E-state index is 13.3. The molecule has 1 atom stereocenters. The minimum absolute atomic E-state index is 0.156. The second-order valence-corrected chi connectivity index (χ2v) is 3.56. The van der Waals surface area contributed by atoms with E-state index >= 15 is 0 Å². The molecule has 0 aliphatic heterocycles. The lowest BCUT2D eigenvalue weighted by Crippen LogP contribution is -2.40. The summed E-state index contributed by atoms with van der Waals surface area (Å²) in [5.74, 6) is 0.590. The number of benzene rings is 1. The molecular formula is C12H18FN3O. The van der Waals surface area contributed by atoms with Gasteiger partial charge in [0.05, 0.1) is 6.54 Å². The van der Waals surface area contributed by atoms with Crippen molar-refractivity contribution in [2.75, 3.05) is 20.6 Å². The van der Waals surface area contributed by atoms with Crippen LogP contribution in [-0.4, -0.2) is 32.7 Å². The molecule has 0 aliphatic rings. The molecule has 1 aromatic carbocycles. The molecule has 5 heteroatoms. The summed E-state index contributed by atoms with van der Waals surface area (Å²) in [6.07, 6.45) is -0.156. The van der Waals surface area contributed by atoms with Crippen LogP contribution in [0.15, 0.2) is 29.3 Å². The third-order valence-corrected chi connectivity index (χ3v) is 2.18. The smallest absolute Gasteiger partial charge is 0.190 e. The quantitative estimate of drug-likeness (QED) is 0.616. The van der Waals surface area contributed by atoms with Crippen molar-refractivity contribution in [3.8, 4) is 5.75 Å². The highest BCUT2D eigenvalue weighted by atomic mass is 19.1. The number of nitrogens with zero attached hydrogens (tertiary/aromatic N) is 1. The molecule has 0 aromatic heterocycles. The van der Waals surface area contributed by atoms with Crippen molar-refractivity contribution in [3.05, 3.63) is 30.1 Å². The zero-order valence-electron chi connectivity index (χ0n) is 10.3. The van der Waals surface area contributed by atoms with E-state index in [0.717, 1.165) is 0 Å². The van der Waals surface area contributed by atoms with Gasteiger partial charge in [-0.1, -0.05) is 12.1 Å². The number of hydrogen-bond acceptors (Lipinski definition) is 2. The first kappa shape index (κ1) is 13.3. The highest BCUT2D eigenvalue weighted by molar-refractivity contribution is 5.79. The molecule has 4 nitrogen and oxygen atoms in total. The van der Waals surface area contributed by atoms with Gasteiger partial charge >= 0.3 is 0 Å². The summed E-state index contributed by atoms with van der Waals surface area (Å²) in [5, 5.41) is 5.94. The van der Waals surface area contributed by atoms with Gasteiger partial charge in [-0.15, -0.1) is 0 Å². The van der Waals surface area contributed by atoms with E-state index in [0.29, 0.717) is 12.5 Å². The second-order valence-electron chi connectivity index (χ2n) is 3.56. The Hall–Kier alpha value is -1.78. The van der Waals surface area contributed by atoms with Crippen molar-refractivity contribution >= 4 is 5.96 Å². The molecule has 0 spiro atoms. The van der Waals surface area contributed by atoms with Gasteiger partial charge in [-0.2, -0.15) is 0 Å². The topological polar surface area (TPSA) is 45.7 Å². The van der Waals surface area contributed by atoms with E-state index in [9.17, 15) is 4.39 Å². The molecule has 0 amide bonds. The van der Waals surface area contributed by atoms with Gasteiger partial charge < -0.3 is 15.4 Å². The molecule has 17 heavy (non-hydrogen) atoms. The normalized spacial score (nSPS) is 13.1. The molecule has 0 aliphatic carbocycles. The fraction of sp³-hybridized carbons (Fsp3) is 0.417. The lowest BCUT2D eigenvalue weighted by molar-refractivity contribution is 0.214. The van der Waals surface area contributed by atoms with Crippen LogP contribution in [0, 0.1) is 5.82 Å². The van der Waals surface area contributed by atoms with Crippen LogP contribution in [0.5, 0.6) is 5.75 Å². The van der Waals surface area contributed by atoms with Gasteiger partial charge in [-0.25, -0.2) is 4.39 Å². The average molecular weight is 239 g/mol. The molecule has 2 N–H and O–H groups in total. The van der Waals surface area contributed by atoms with Gasteiger partial charge in [-0.3, -0.25) is 4.99 Å². The Morgan fingerprint density at radius 2 is 2.18 bits per heavy atom. The molecule has 94 valence electrons. The highest BCUT2D eigenvalue weighted by Crippen LogP contribution is 2.16. The van der Waals surface area contributed by atoms with E-state index < -0.39 is 0 Å². The summed E-state index contributed by atoms with van der Waals surface area (Å²) < 4.78 is 18.8. The van der Waals surface area contributed by atoms with Crippen LogP contribution in [0.3, 0.4) is 0 Å². The van der Waals surface area contributed by atoms with E-state index in [1.54, 1.807) is 32.3 Å². The molecule has 0 radical (unpaired) electrons. The summed E-state index contributed by atoms with van der Waals surface area (Å²) in [5.41, 5.74) is 0. The predicted molar refractivity (Wildman–Crippen MR) is 66.9 cm³/mol. The SMILES string of the molecule is CN=C(NC)NCC(C)Oc1ccccc1F. The molecule has 0 saturated carbocycles. The Labute approximate surface area is 101 Å². The Bertz CT molecular complexity index is 382. The Morgan fingerprint density at radius 3 is 2.76 bits per heavy atom. The lowest BCUT2D eigenvalue weighted by Gasteiger charge is -2.17. The molecule has 1 aromatic rings. The molecule has 1 rings (SSSR count). The zero-order chi connectivity index (χ0) is 12.7.